The molecule has 0 saturated carbocycles. The Hall–Kier alpha value is -2.90. The Morgan fingerprint density at radius 3 is 2.75 bits per heavy atom. The summed E-state index contributed by atoms with van der Waals surface area (Å²) >= 11 is 5.84. The summed E-state index contributed by atoms with van der Waals surface area (Å²) in [5, 5.41) is 4.23. The Morgan fingerprint density at radius 1 is 1.16 bits per heavy atom. The molecular weight excluding hydrogens is 420 g/mol. The van der Waals surface area contributed by atoms with Crippen molar-refractivity contribution in [2.24, 2.45) is 0 Å². The zero-order chi connectivity index (χ0) is 21.9. The van der Waals surface area contributed by atoms with Gasteiger partial charge in [-0.15, -0.1) is 0 Å². The molecule has 0 unspecified atom stereocenters. The number of rotatable bonds is 7. The molecule has 2 aliphatic heterocycles. The van der Waals surface area contributed by atoms with Crippen molar-refractivity contribution in [1.82, 2.24) is 14.9 Å². The van der Waals surface area contributed by atoms with Crippen molar-refractivity contribution in [2.45, 2.75) is 44.5 Å². The van der Waals surface area contributed by atoms with Crippen LogP contribution < -0.4 is 15.0 Å². The van der Waals surface area contributed by atoms with Gasteiger partial charge in [-0.25, -0.2) is 0 Å². The number of thiocarbonyl (C=S) groups is 1. The van der Waals surface area contributed by atoms with Crippen LogP contribution in [0, 0.1) is 0 Å². The van der Waals surface area contributed by atoms with Crippen LogP contribution >= 0.6 is 12.2 Å². The van der Waals surface area contributed by atoms with E-state index in [1.54, 1.807) is 0 Å². The molecule has 0 aliphatic carbocycles. The van der Waals surface area contributed by atoms with E-state index in [1.165, 1.54) is 5.69 Å². The van der Waals surface area contributed by atoms with E-state index in [9.17, 15) is 0 Å². The van der Waals surface area contributed by atoms with Gasteiger partial charge >= 0.3 is 0 Å². The summed E-state index contributed by atoms with van der Waals surface area (Å²) in [5.41, 5.74) is 3.19. The highest BCUT2D eigenvalue weighted by Crippen LogP contribution is 2.42. The second kappa shape index (κ2) is 9.30. The van der Waals surface area contributed by atoms with E-state index in [1.807, 2.05) is 37.4 Å². The van der Waals surface area contributed by atoms with Gasteiger partial charge in [0.05, 0.1) is 24.4 Å². The summed E-state index contributed by atoms with van der Waals surface area (Å²) in [6.07, 6.45) is 6.47. The molecule has 0 bridgehead atoms. The van der Waals surface area contributed by atoms with Crippen molar-refractivity contribution in [1.29, 1.82) is 0 Å². The molecule has 2 aromatic heterocycles. The number of hydrogen-bond acceptors (Lipinski definition) is 4. The third-order valence-electron chi connectivity index (χ3n) is 6.12. The maximum atomic E-state index is 5.92. The Balaban J connectivity index is 1.54. The number of nitrogens with one attached hydrogen (secondary N) is 1. The molecule has 6 nitrogen and oxygen atoms in total. The number of ether oxygens (including phenoxy) is 2. The van der Waals surface area contributed by atoms with Gasteiger partial charge in [-0.1, -0.05) is 6.07 Å². The molecule has 32 heavy (non-hydrogen) atoms. The lowest BCUT2D eigenvalue weighted by Gasteiger charge is -2.29. The number of benzene rings is 1. The fraction of sp³-hybridized carbons (Fsp3) is 0.360. The average molecular weight is 449 g/mol. The molecular formula is C25H28N4O2S. The molecule has 3 aromatic rings. The van der Waals surface area contributed by atoms with Crippen LogP contribution in [0.4, 0.5) is 5.69 Å². The van der Waals surface area contributed by atoms with Gasteiger partial charge in [0.2, 0.25) is 0 Å². The predicted molar refractivity (Wildman–Crippen MR) is 129 cm³/mol. The highest BCUT2D eigenvalue weighted by Gasteiger charge is 2.42. The van der Waals surface area contributed by atoms with Crippen molar-refractivity contribution in [3.63, 3.8) is 0 Å². The molecule has 5 rings (SSSR count). The zero-order valence-corrected chi connectivity index (χ0v) is 19.0. The minimum Gasteiger partial charge on any atom is -0.494 e. The van der Waals surface area contributed by atoms with Crippen LogP contribution in [0.5, 0.6) is 5.75 Å². The lowest BCUT2D eigenvalue weighted by atomic mass is 10.0. The molecule has 0 radical (unpaired) electrons. The number of anilines is 1. The molecule has 1 N–H and O–H groups in total. The number of hydrogen-bond donors (Lipinski definition) is 1. The second-order valence-electron chi connectivity index (χ2n) is 8.14. The molecule has 3 atom stereocenters. The Bertz CT molecular complexity index is 1050. The van der Waals surface area contributed by atoms with Crippen molar-refractivity contribution < 1.29 is 9.47 Å². The fourth-order valence-corrected chi connectivity index (χ4v) is 5.02. The zero-order valence-electron chi connectivity index (χ0n) is 18.2. The Kier molecular flexibility index (Phi) is 6.10. The maximum absolute atomic E-state index is 5.92. The van der Waals surface area contributed by atoms with E-state index in [-0.39, 0.29) is 18.2 Å². The van der Waals surface area contributed by atoms with E-state index in [2.05, 4.69) is 56.3 Å². The van der Waals surface area contributed by atoms with Gasteiger partial charge in [0.25, 0.3) is 0 Å². The van der Waals surface area contributed by atoms with Crippen LogP contribution in [0.25, 0.3) is 0 Å². The average Bonchev–Trinajstić information content (AvgIpc) is 3.56. The lowest BCUT2D eigenvalue weighted by Crippen LogP contribution is -2.31. The highest BCUT2D eigenvalue weighted by atomic mass is 32.1. The number of aromatic nitrogens is 2. The molecule has 7 heteroatoms. The first kappa shape index (κ1) is 21.0. The molecule has 0 spiro atoms. The summed E-state index contributed by atoms with van der Waals surface area (Å²) in [5.74, 6) is 0.855. The molecule has 1 aromatic carbocycles. The van der Waals surface area contributed by atoms with Gasteiger partial charge in [0, 0.05) is 36.9 Å². The van der Waals surface area contributed by atoms with Crippen molar-refractivity contribution in [3.8, 4) is 5.75 Å². The second-order valence-corrected chi connectivity index (χ2v) is 8.53. The van der Waals surface area contributed by atoms with Gasteiger partial charge in [0.1, 0.15) is 11.8 Å². The van der Waals surface area contributed by atoms with Crippen LogP contribution in [0.3, 0.4) is 0 Å². The highest BCUT2D eigenvalue weighted by molar-refractivity contribution is 7.80. The van der Waals surface area contributed by atoms with Crippen LogP contribution in [-0.4, -0.2) is 34.0 Å². The van der Waals surface area contributed by atoms with Crippen LogP contribution in [0.1, 0.15) is 43.2 Å². The third kappa shape index (κ3) is 4.10. The first-order valence-corrected chi connectivity index (χ1v) is 11.7. The summed E-state index contributed by atoms with van der Waals surface area (Å²) in [6, 6.07) is 18.4. The van der Waals surface area contributed by atoms with Crippen LogP contribution in [0.2, 0.25) is 0 Å². The molecule has 2 aliphatic rings. The first-order valence-electron chi connectivity index (χ1n) is 11.2. The van der Waals surface area contributed by atoms with E-state index in [0.717, 1.165) is 43.1 Å². The van der Waals surface area contributed by atoms with Crippen molar-refractivity contribution in [2.75, 3.05) is 18.1 Å². The molecule has 2 fully saturated rings. The summed E-state index contributed by atoms with van der Waals surface area (Å²) in [4.78, 5) is 6.85. The molecule has 2 saturated heterocycles. The van der Waals surface area contributed by atoms with Gasteiger partial charge in [-0.3, -0.25) is 4.98 Å². The minimum absolute atomic E-state index is 0.0354. The standard InChI is InChI=1S/C25H28N4O2S/c1-2-30-19-12-10-18(11-13-19)29-24(23(27-25(29)32)21-8-3-4-14-26-21)22-9-5-15-28(22)17-20-7-6-16-31-20/h3-5,8-15,20,23-24H,2,6-7,16-17H2,1H3,(H,27,32)/t20-,23-,24+/m1/s1. The van der Waals surface area contributed by atoms with E-state index in [0.29, 0.717) is 11.7 Å². The first-order chi connectivity index (χ1) is 15.7. The fourth-order valence-electron chi connectivity index (χ4n) is 4.67. The summed E-state index contributed by atoms with van der Waals surface area (Å²) in [7, 11) is 0. The Labute approximate surface area is 194 Å². The molecule has 0 amide bonds. The van der Waals surface area contributed by atoms with Crippen molar-refractivity contribution in [3.05, 3.63) is 78.4 Å². The monoisotopic (exact) mass is 448 g/mol. The van der Waals surface area contributed by atoms with E-state index >= 15 is 0 Å². The smallest absolute Gasteiger partial charge is 0.174 e. The van der Waals surface area contributed by atoms with E-state index < -0.39 is 0 Å². The summed E-state index contributed by atoms with van der Waals surface area (Å²) in [6.45, 7) is 4.33. The molecule has 4 heterocycles. The largest absolute Gasteiger partial charge is 0.494 e. The van der Waals surface area contributed by atoms with Crippen molar-refractivity contribution >= 4 is 23.0 Å². The van der Waals surface area contributed by atoms with Crippen LogP contribution in [-0.2, 0) is 11.3 Å². The summed E-state index contributed by atoms with van der Waals surface area (Å²) < 4.78 is 13.9. The van der Waals surface area contributed by atoms with Gasteiger partial charge in [-0.05, 0) is 80.5 Å². The number of nitrogens with zero attached hydrogens (tertiary/aromatic N) is 3. The maximum Gasteiger partial charge on any atom is 0.174 e. The SMILES string of the molecule is CCOc1ccc(N2C(=S)N[C@H](c3ccccn3)[C@@H]2c2cccn2C[C@H]2CCCO2)cc1. The Morgan fingerprint density at radius 2 is 2.03 bits per heavy atom. The predicted octanol–water partition coefficient (Wildman–Crippen LogP) is 4.64. The van der Waals surface area contributed by atoms with E-state index in [4.69, 9.17) is 21.7 Å². The minimum atomic E-state index is -0.0617. The van der Waals surface area contributed by atoms with Crippen LogP contribution in [0.15, 0.2) is 67.0 Å². The van der Waals surface area contributed by atoms with Gasteiger partial charge < -0.3 is 24.3 Å². The van der Waals surface area contributed by atoms with Gasteiger partial charge in [0.15, 0.2) is 5.11 Å². The topological polar surface area (TPSA) is 51.5 Å². The van der Waals surface area contributed by atoms with Gasteiger partial charge in [-0.2, -0.15) is 0 Å². The third-order valence-corrected chi connectivity index (χ3v) is 6.43. The quantitative estimate of drug-likeness (QED) is 0.532. The normalized spacial score (nSPS) is 22.8. The number of pyridine rings is 1. The lowest BCUT2D eigenvalue weighted by molar-refractivity contribution is 0.0961. The molecule has 166 valence electrons.